The minimum absolute atomic E-state index is 0.0580. The zero-order valence-corrected chi connectivity index (χ0v) is 16.4. The van der Waals surface area contributed by atoms with E-state index in [9.17, 15) is 9.59 Å². The smallest absolute Gasteiger partial charge is 0.247 e. The molecule has 0 radical (unpaired) electrons. The number of hydrogen-bond donors (Lipinski definition) is 3. The highest BCUT2D eigenvalue weighted by molar-refractivity contribution is 5.90. The molecule has 1 fully saturated rings. The van der Waals surface area contributed by atoms with Gasteiger partial charge in [-0.25, -0.2) is 0 Å². The van der Waals surface area contributed by atoms with Crippen molar-refractivity contribution in [2.24, 2.45) is 0 Å². The first kappa shape index (κ1) is 19.6. The largest absolute Gasteiger partial charge is 0.376 e. The van der Waals surface area contributed by atoms with Crippen LogP contribution < -0.4 is 16.0 Å². The summed E-state index contributed by atoms with van der Waals surface area (Å²) in [4.78, 5) is 25.9. The van der Waals surface area contributed by atoms with Gasteiger partial charge in [-0.3, -0.25) is 9.59 Å². The predicted molar refractivity (Wildman–Crippen MR) is 110 cm³/mol. The second-order valence-electron chi connectivity index (χ2n) is 7.64. The van der Waals surface area contributed by atoms with E-state index in [0.717, 1.165) is 25.0 Å². The number of carbonyl (C=O) groups is 2. The lowest BCUT2D eigenvalue weighted by Crippen LogP contribution is -2.51. The fourth-order valence-electron chi connectivity index (χ4n) is 3.95. The topological polar surface area (TPSA) is 79.5 Å². The Labute approximate surface area is 171 Å². The number of rotatable bonds is 6. The van der Waals surface area contributed by atoms with E-state index in [1.165, 1.54) is 11.1 Å². The molecule has 2 heterocycles. The Morgan fingerprint density at radius 1 is 1.07 bits per heavy atom. The van der Waals surface area contributed by atoms with Gasteiger partial charge in [-0.15, -0.1) is 0 Å². The first-order chi connectivity index (χ1) is 14.2. The minimum atomic E-state index is -0.732. The molecule has 0 aromatic heterocycles. The van der Waals surface area contributed by atoms with Crippen molar-refractivity contribution in [3.63, 3.8) is 0 Å². The molecule has 6 heteroatoms. The molecule has 152 valence electrons. The molecular formula is C23H27N3O3. The molecular weight excluding hydrogens is 366 g/mol. The van der Waals surface area contributed by atoms with Crippen LogP contribution in [0.1, 0.15) is 35.6 Å². The highest BCUT2D eigenvalue weighted by atomic mass is 16.5. The fourth-order valence-corrected chi connectivity index (χ4v) is 3.95. The monoisotopic (exact) mass is 393 g/mol. The Balaban J connectivity index is 1.43. The third kappa shape index (κ3) is 4.83. The maximum atomic E-state index is 13.0. The molecule has 3 N–H and O–H groups in total. The Hall–Kier alpha value is -2.70. The van der Waals surface area contributed by atoms with Crippen LogP contribution in [0.15, 0.2) is 54.6 Å². The average Bonchev–Trinajstić information content (AvgIpc) is 3.29. The van der Waals surface area contributed by atoms with Gasteiger partial charge >= 0.3 is 0 Å². The summed E-state index contributed by atoms with van der Waals surface area (Å²) < 4.78 is 5.59. The van der Waals surface area contributed by atoms with Crippen LogP contribution >= 0.6 is 0 Å². The Morgan fingerprint density at radius 3 is 2.59 bits per heavy atom. The van der Waals surface area contributed by atoms with Gasteiger partial charge < -0.3 is 20.7 Å². The van der Waals surface area contributed by atoms with Crippen LogP contribution in [0, 0.1) is 0 Å². The van der Waals surface area contributed by atoms with Crippen molar-refractivity contribution in [2.45, 2.75) is 44.0 Å². The summed E-state index contributed by atoms with van der Waals surface area (Å²) >= 11 is 0. The molecule has 2 aliphatic rings. The summed E-state index contributed by atoms with van der Waals surface area (Å²) in [7, 11) is 0. The standard InChI is InChI=1S/C23H27N3O3/c27-22(20-13-17-9-4-5-10-18(17)14-24-20)26-21(16-7-2-1-3-8-16)23(28)25-15-19-11-6-12-29-19/h1-5,7-10,19-21,24H,6,11-15H2,(H,25,28)(H,26,27)/t19-,20-,21+/m0/s1. The van der Waals surface area contributed by atoms with E-state index in [0.29, 0.717) is 19.5 Å². The van der Waals surface area contributed by atoms with Crippen LogP contribution in [0.2, 0.25) is 0 Å². The maximum absolute atomic E-state index is 13.0. The number of nitrogens with one attached hydrogen (secondary N) is 3. The molecule has 0 aliphatic carbocycles. The molecule has 3 atom stereocenters. The zero-order valence-electron chi connectivity index (χ0n) is 16.4. The van der Waals surface area contributed by atoms with Gasteiger partial charge in [0.25, 0.3) is 0 Å². The predicted octanol–water partition coefficient (Wildman–Crippen LogP) is 1.85. The summed E-state index contributed by atoms with van der Waals surface area (Å²) in [5, 5.41) is 9.19. The van der Waals surface area contributed by atoms with Gasteiger partial charge in [-0.05, 0) is 36.0 Å². The number of hydrogen-bond acceptors (Lipinski definition) is 4. The van der Waals surface area contributed by atoms with Gasteiger partial charge in [-0.1, -0.05) is 54.6 Å². The molecule has 0 unspecified atom stereocenters. The van der Waals surface area contributed by atoms with Crippen LogP contribution in [0.5, 0.6) is 0 Å². The Kier molecular flexibility index (Phi) is 6.22. The third-order valence-electron chi connectivity index (χ3n) is 5.61. The minimum Gasteiger partial charge on any atom is -0.376 e. The first-order valence-electron chi connectivity index (χ1n) is 10.3. The number of ether oxygens (including phenoxy) is 1. The summed E-state index contributed by atoms with van der Waals surface area (Å²) in [6, 6.07) is 16.4. The quantitative estimate of drug-likeness (QED) is 0.700. The molecule has 2 aliphatic heterocycles. The number of amides is 2. The molecule has 29 heavy (non-hydrogen) atoms. The van der Waals surface area contributed by atoms with Gasteiger partial charge in [0.05, 0.1) is 12.1 Å². The zero-order chi connectivity index (χ0) is 20.1. The van der Waals surface area contributed by atoms with Gasteiger partial charge in [0.2, 0.25) is 11.8 Å². The Morgan fingerprint density at radius 2 is 1.83 bits per heavy atom. The van der Waals surface area contributed by atoms with E-state index >= 15 is 0 Å². The summed E-state index contributed by atoms with van der Waals surface area (Å²) in [5.74, 6) is -0.378. The highest BCUT2D eigenvalue weighted by Crippen LogP contribution is 2.19. The van der Waals surface area contributed by atoms with E-state index in [2.05, 4.69) is 28.1 Å². The van der Waals surface area contributed by atoms with Crippen molar-refractivity contribution >= 4 is 11.8 Å². The SMILES string of the molecule is O=C(N[C@@H](C(=O)NC[C@@H]1CCCO1)c1ccccc1)[C@@H]1Cc2ccccc2CN1. The number of carbonyl (C=O) groups excluding carboxylic acids is 2. The van der Waals surface area contributed by atoms with Crippen LogP contribution in [0.25, 0.3) is 0 Å². The van der Waals surface area contributed by atoms with Gasteiger partial charge in [0.15, 0.2) is 0 Å². The van der Waals surface area contributed by atoms with Gasteiger partial charge in [-0.2, -0.15) is 0 Å². The normalized spacial score (nSPS) is 21.8. The second kappa shape index (κ2) is 9.20. The third-order valence-corrected chi connectivity index (χ3v) is 5.61. The van der Waals surface area contributed by atoms with E-state index in [4.69, 9.17) is 4.74 Å². The number of benzene rings is 2. The van der Waals surface area contributed by atoms with Crippen LogP contribution in [-0.4, -0.2) is 37.1 Å². The van der Waals surface area contributed by atoms with E-state index < -0.39 is 6.04 Å². The summed E-state index contributed by atoms with van der Waals surface area (Å²) in [5.41, 5.74) is 3.15. The lowest BCUT2D eigenvalue weighted by Gasteiger charge is -2.27. The van der Waals surface area contributed by atoms with E-state index in [1.807, 2.05) is 42.5 Å². The molecule has 4 rings (SSSR count). The van der Waals surface area contributed by atoms with Crippen molar-refractivity contribution in [1.82, 2.24) is 16.0 Å². The van der Waals surface area contributed by atoms with Crippen molar-refractivity contribution in [2.75, 3.05) is 13.2 Å². The van der Waals surface area contributed by atoms with E-state index in [-0.39, 0.29) is 24.0 Å². The summed E-state index contributed by atoms with van der Waals surface area (Å²) in [6.45, 7) is 1.86. The molecule has 0 saturated carbocycles. The molecule has 2 amide bonds. The van der Waals surface area contributed by atoms with Gasteiger partial charge in [0.1, 0.15) is 6.04 Å². The molecule has 1 saturated heterocycles. The van der Waals surface area contributed by atoms with E-state index in [1.54, 1.807) is 0 Å². The van der Waals surface area contributed by atoms with Gasteiger partial charge in [0, 0.05) is 19.7 Å². The number of fused-ring (bicyclic) bond motifs is 1. The highest BCUT2D eigenvalue weighted by Gasteiger charge is 2.29. The van der Waals surface area contributed by atoms with Crippen molar-refractivity contribution < 1.29 is 14.3 Å². The lowest BCUT2D eigenvalue weighted by atomic mass is 9.95. The van der Waals surface area contributed by atoms with Crippen molar-refractivity contribution in [3.8, 4) is 0 Å². The van der Waals surface area contributed by atoms with Crippen molar-refractivity contribution in [1.29, 1.82) is 0 Å². The fraction of sp³-hybridized carbons (Fsp3) is 0.391. The lowest BCUT2D eigenvalue weighted by molar-refractivity contribution is -0.130. The van der Waals surface area contributed by atoms with Crippen LogP contribution in [0.3, 0.4) is 0 Å². The summed E-state index contributed by atoms with van der Waals surface area (Å²) in [6.07, 6.45) is 2.64. The molecule has 2 aromatic carbocycles. The maximum Gasteiger partial charge on any atom is 0.247 e. The molecule has 2 aromatic rings. The Bertz CT molecular complexity index is 849. The molecule has 0 bridgehead atoms. The van der Waals surface area contributed by atoms with Crippen LogP contribution in [0.4, 0.5) is 0 Å². The van der Waals surface area contributed by atoms with Crippen molar-refractivity contribution in [3.05, 3.63) is 71.3 Å². The molecule has 6 nitrogen and oxygen atoms in total. The first-order valence-corrected chi connectivity index (χ1v) is 10.3. The molecule has 0 spiro atoms. The van der Waals surface area contributed by atoms with Crippen LogP contribution in [-0.2, 0) is 27.3 Å². The average molecular weight is 393 g/mol. The second-order valence-corrected chi connectivity index (χ2v) is 7.64.